The van der Waals surface area contributed by atoms with E-state index in [4.69, 9.17) is 4.84 Å². The van der Waals surface area contributed by atoms with Crippen LogP contribution < -0.4 is 0 Å². The smallest absolute Gasteiger partial charge is 0.326 e. The summed E-state index contributed by atoms with van der Waals surface area (Å²) in [5, 5.41) is 23.3. The number of carboxylic acid groups (broad SMARTS) is 1. The van der Waals surface area contributed by atoms with E-state index in [2.05, 4.69) is 25.1 Å². The van der Waals surface area contributed by atoms with Gasteiger partial charge in [0.1, 0.15) is 11.8 Å². The Kier molecular flexibility index (Phi) is 6.54. The molecule has 36 heavy (non-hydrogen) atoms. The first-order valence-corrected chi connectivity index (χ1v) is 13.6. The van der Waals surface area contributed by atoms with Gasteiger partial charge in [-0.05, 0) is 93.0 Å². The number of likely N-dealkylation sites (tertiary alicyclic amines) is 1. The van der Waals surface area contributed by atoms with Gasteiger partial charge in [-0.15, -0.1) is 0 Å². The molecule has 8 heteroatoms. The molecule has 4 fully saturated rings. The molecule has 3 saturated carbocycles. The van der Waals surface area contributed by atoms with Crippen LogP contribution in [-0.2, 0) is 19.2 Å². The average Bonchev–Trinajstić information content (AvgIpc) is 3.39. The average molecular weight is 501 g/mol. The Bertz CT molecular complexity index is 1010. The molecule has 0 aromatic carbocycles. The lowest BCUT2D eigenvalue weighted by Gasteiger charge is -2.58. The summed E-state index contributed by atoms with van der Waals surface area (Å²) in [5.41, 5.74) is 2.58. The molecule has 1 saturated heterocycles. The van der Waals surface area contributed by atoms with Crippen LogP contribution in [0.15, 0.2) is 16.8 Å². The third-order valence-corrected chi connectivity index (χ3v) is 10.7. The topological polar surface area (TPSA) is 117 Å². The molecule has 0 radical (unpaired) electrons. The van der Waals surface area contributed by atoms with Crippen molar-refractivity contribution in [3.8, 4) is 0 Å². The van der Waals surface area contributed by atoms with E-state index >= 15 is 0 Å². The number of carboxylic acids is 1. The summed E-state index contributed by atoms with van der Waals surface area (Å²) in [5.74, 6) is 0.982. The van der Waals surface area contributed by atoms with Crippen molar-refractivity contribution in [1.29, 1.82) is 0 Å². The number of aliphatic hydroxyl groups is 1. The van der Waals surface area contributed by atoms with Crippen LogP contribution in [0.25, 0.3) is 0 Å². The highest BCUT2D eigenvalue weighted by Crippen LogP contribution is 2.66. The minimum Gasteiger partial charge on any atom is -0.480 e. The van der Waals surface area contributed by atoms with Gasteiger partial charge >= 0.3 is 5.97 Å². The molecule has 1 heterocycles. The van der Waals surface area contributed by atoms with Gasteiger partial charge in [0.2, 0.25) is 0 Å². The van der Waals surface area contributed by atoms with Gasteiger partial charge in [-0.25, -0.2) is 4.79 Å². The Morgan fingerprint density at radius 2 is 1.89 bits per heavy atom. The number of allylic oxidation sites excluding steroid dienone is 2. The molecule has 8 nitrogen and oxygen atoms in total. The molecule has 5 rings (SSSR count). The number of aliphatic hydroxyl groups excluding tert-OH is 1. The van der Waals surface area contributed by atoms with Crippen molar-refractivity contribution in [2.45, 2.75) is 90.7 Å². The number of aliphatic carboxylic acids is 1. The normalized spacial score (nSPS) is 42.8. The zero-order chi connectivity index (χ0) is 25.8. The molecular weight excluding hydrogens is 460 g/mol. The molecule has 0 bridgehead atoms. The van der Waals surface area contributed by atoms with E-state index in [-0.39, 0.29) is 36.3 Å². The molecule has 1 aliphatic heterocycles. The predicted molar refractivity (Wildman–Crippen MR) is 133 cm³/mol. The number of carbonyl (C=O) groups excluding carboxylic acids is 2. The third-order valence-electron chi connectivity index (χ3n) is 10.7. The number of β-amino-alcohol motifs (C(OH)–C–C–N with tert-alkyl or cyclic N) is 1. The monoisotopic (exact) mass is 500 g/mol. The molecule has 4 aliphatic carbocycles. The standard InChI is InChI=1S/C28H40N2O6/c1-16(31)21-6-7-22-20-5-4-17-12-18(8-10-27(17,2)23(20)9-11-28(21,22)3)29-36-15-25(33)30-14-19(32)13-24(30)26(34)35/h12,19-24,32H,4-11,13-15H2,1-3H3,(H,34,35)/b29-18+/t19-,20-,21+,22+,23-,24-,27+,28-/m1/s1. The second-order valence-electron chi connectivity index (χ2n) is 12.4. The van der Waals surface area contributed by atoms with Gasteiger partial charge in [-0.1, -0.05) is 24.6 Å². The van der Waals surface area contributed by atoms with Crippen molar-refractivity contribution >= 4 is 23.4 Å². The van der Waals surface area contributed by atoms with Crippen molar-refractivity contribution in [2.24, 2.45) is 39.7 Å². The highest BCUT2D eigenvalue weighted by molar-refractivity contribution is 5.96. The lowest BCUT2D eigenvalue weighted by Crippen LogP contribution is -2.51. The minimum absolute atomic E-state index is 0.00783. The molecule has 0 aromatic heterocycles. The van der Waals surface area contributed by atoms with Crippen LogP contribution in [0.3, 0.4) is 0 Å². The lowest BCUT2D eigenvalue weighted by atomic mass is 9.46. The van der Waals surface area contributed by atoms with Crippen LogP contribution in [0.5, 0.6) is 0 Å². The van der Waals surface area contributed by atoms with Crippen molar-refractivity contribution in [3.05, 3.63) is 11.6 Å². The molecule has 1 amide bonds. The van der Waals surface area contributed by atoms with E-state index in [0.717, 1.165) is 44.2 Å². The van der Waals surface area contributed by atoms with E-state index in [9.17, 15) is 24.6 Å². The highest BCUT2D eigenvalue weighted by Gasteiger charge is 2.59. The summed E-state index contributed by atoms with van der Waals surface area (Å²) in [4.78, 5) is 42.8. The quantitative estimate of drug-likeness (QED) is 0.558. The summed E-state index contributed by atoms with van der Waals surface area (Å²) in [6.45, 7) is 6.26. The van der Waals surface area contributed by atoms with Gasteiger partial charge in [0.15, 0.2) is 6.61 Å². The first kappa shape index (κ1) is 25.4. The fourth-order valence-electron chi connectivity index (χ4n) is 8.89. The van der Waals surface area contributed by atoms with Crippen LogP contribution in [0, 0.1) is 34.5 Å². The van der Waals surface area contributed by atoms with Crippen molar-refractivity contribution in [1.82, 2.24) is 4.90 Å². The molecule has 0 spiro atoms. The van der Waals surface area contributed by atoms with Crippen molar-refractivity contribution in [3.63, 3.8) is 0 Å². The maximum absolute atomic E-state index is 12.5. The molecule has 8 atom stereocenters. The summed E-state index contributed by atoms with van der Waals surface area (Å²) in [6, 6.07) is -1.01. The molecule has 198 valence electrons. The van der Waals surface area contributed by atoms with Crippen molar-refractivity contribution < 1.29 is 29.4 Å². The molecular formula is C28H40N2O6. The fraction of sp³-hybridized carbons (Fsp3) is 0.786. The number of Topliss-reactive ketones (excluding diaryl/α,β-unsaturated/α-hetero) is 1. The van der Waals surface area contributed by atoms with E-state index in [0.29, 0.717) is 23.5 Å². The van der Waals surface area contributed by atoms with Crippen LogP contribution in [0.2, 0.25) is 0 Å². The van der Waals surface area contributed by atoms with Crippen LogP contribution in [0.4, 0.5) is 0 Å². The molecule has 2 N–H and O–H groups in total. The van der Waals surface area contributed by atoms with Gasteiger partial charge in [0, 0.05) is 18.9 Å². The number of fused-ring (bicyclic) bond motifs is 5. The Hall–Kier alpha value is -2.22. The van der Waals surface area contributed by atoms with Gasteiger partial charge < -0.3 is 20.0 Å². The number of nitrogens with zero attached hydrogens (tertiary/aromatic N) is 2. The van der Waals surface area contributed by atoms with Gasteiger partial charge in [0.25, 0.3) is 5.91 Å². The summed E-state index contributed by atoms with van der Waals surface area (Å²) < 4.78 is 0. The summed E-state index contributed by atoms with van der Waals surface area (Å²) in [7, 11) is 0. The molecule has 0 unspecified atom stereocenters. The number of amides is 1. The maximum Gasteiger partial charge on any atom is 0.326 e. The van der Waals surface area contributed by atoms with Gasteiger partial charge in [0.05, 0.1) is 11.8 Å². The third kappa shape index (κ3) is 4.09. The second-order valence-corrected chi connectivity index (χ2v) is 12.4. The van der Waals surface area contributed by atoms with Crippen LogP contribution >= 0.6 is 0 Å². The maximum atomic E-state index is 12.5. The largest absolute Gasteiger partial charge is 0.480 e. The first-order chi connectivity index (χ1) is 17.0. The zero-order valence-electron chi connectivity index (χ0n) is 21.7. The zero-order valence-corrected chi connectivity index (χ0v) is 21.7. The van der Waals surface area contributed by atoms with Gasteiger partial charge in [-0.2, -0.15) is 0 Å². The second kappa shape index (κ2) is 9.26. The number of rotatable bonds is 5. The fourth-order valence-corrected chi connectivity index (χ4v) is 8.89. The number of hydrogen-bond donors (Lipinski definition) is 2. The number of oxime groups is 1. The summed E-state index contributed by atoms with van der Waals surface area (Å²) in [6.07, 6.45) is 9.94. The highest BCUT2D eigenvalue weighted by atomic mass is 16.6. The van der Waals surface area contributed by atoms with Crippen LogP contribution in [0.1, 0.15) is 78.6 Å². The van der Waals surface area contributed by atoms with Crippen LogP contribution in [-0.4, -0.2) is 63.8 Å². The molecule has 0 aromatic rings. The Morgan fingerprint density at radius 1 is 1.11 bits per heavy atom. The van der Waals surface area contributed by atoms with E-state index in [1.165, 1.54) is 23.3 Å². The number of hydrogen-bond acceptors (Lipinski definition) is 6. The van der Waals surface area contributed by atoms with E-state index in [1.807, 2.05) is 0 Å². The van der Waals surface area contributed by atoms with Gasteiger partial charge in [-0.3, -0.25) is 9.59 Å². The first-order valence-electron chi connectivity index (χ1n) is 13.6. The Balaban J connectivity index is 1.24. The molecule has 5 aliphatic rings. The number of ketones is 1. The Labute approximate surface area is 213 Å². The Morgan fingerprint density at radius 3 is 2.61 bits per heavy atom. The lowest BCUT2D eigenvalue weighted by molar-refractivity contribution is -0.150. The predicted octanol–water partition coefficient (Wildman–Crippen LogP) is 3.57. The van der Waals surface area contributed by atoms with Crippen molar-refractivity contribution in [2.75, 3.05) is 13.2 Å². The summed E-state index contributed by atoms with van der Waals surface area (Å²) >= 11 is 0. The van der Waals surface area contributed by atoms with E-state index < -0.39 is 24.0 Å². The van der Waals surface area contributed by atoms with E-state index in [1.54, 1.807) is 6.92 Å². The SMILES string of the molecule is CC(=O)[C@@H]1CC[C@H]2[C@H]3CCC4=C/C(=N/OCC(=O)N5C[C@H](O)C[C@@H]5C(=O)O)CC[C@]4(C)[C@@H]3CC[C@]12C. The number of carbonyl (C=O) groups is 3. The minimum atomic E-state index is -1.12.